The van der Waals surface area contributed by atoms with Crippen molar-refractivity contribution in [1.29, 1.82) is 0 Å². The van der Waals surface area contributed by atoms with Gasteiger partial charge >= 0.3 is 0 Å². The van der Waals surface area contributed by atoms with E-state index in [4.69, 9.17) is 4.74 Å². The summed E-state index contributed by atoms with van der Waals surface area (Å²) in [7, 11) is 0. The van der Waals surface area contributed by atoms with Crippen molar-refractivity contribution in [3.05, 3.63) is 72.7 Å². The van der Waals surface area contributed by atoms with Crippen LogP contribution in [0.5, 0.6) is 5.75 Å². The number of pyridine rings is 1. The van der Waals surface area contributed by atoms with Gasteiger partial charge in [0.1, 0.15) is 0 Å². The second-order valence-corrected chi connectivity index (χ2v) is 5.50. The van der Waals surface area contributed by atoms with Gasteiger partial charge in [0.2, 0.25) is 0 Å². The van der Waals surface area contributed by atoms with Gasteiger partial charge in [-0.2, -0.15) is 0 Å². The van der Waals surface area contributed by atoms with Gasteiger partial charge in [-0.05, 0) is 31.2 Å². The molecule has 1 N–H and O–H groups in total. The fourth-order valence-corrected chi connectivity index (χ4v) is 2.34. The zero-order valence-corrected chi connectivity index (χ0v) is 14.1. The van der Waals surface area contributed by atoms with Gasteiger partial charge in [-0.1, -0.05) is 12.1 Å². The summed E-state index contributed by atoms with van der Waals surface area (Å²) in [6, 6.07) is 9.62. The summed E-state index contributed by atoms with van der Waals surface area (Å²) in [6.07, 6.45) is 5.63. The van der Waals surface area contributed by atoms with E-state index in [1.807, 2.05) is 6.07 Å². The molecule has 0 bridgehead atoms. The number of carbonyl (C=O) groups is 1. The molecule has 1 unspecified atom stereocenters. The van der Waals surface area contributed by atoms with E-state index in [2.05, 4.69) is 20.3 Å². The van der Waals surface area contributed by atoms with Crippen LogP contribution in [-0.2, 0) is 11.3 Å². The summed E-state index contributed by atoms with van der Waals surface area (Å²) in [6.45, 7) is 1.72. The molecular weight excluding hydrogens is 335 g/mol. The molecule has 2 heterocycles. The zero-order chi connectivity index (χ0) is 18.4. The van der Waals surface area contributed by atoms with Crippen LogP contribution in [0.25, 0.3) is 11.3 Å². The smallest absolute Gasteiger partial charge is 0.261 e. The van der Waals surface area contributed by atoms with Crippen LogP contribution in [0.4, 0.5) is 4.39 Å². The van der Waals surface area contributed by atoms with E-state index in [9.17, 15) is 9.18 Å². The number of benzene rings is 1. The third-order valence-electron chi connectivity index (χ3n) is 3.65. The van der Waals surface area contributed by atoms with E-state index in [0.717, 1.165) is 5.56 Å². The predicted molar refractivity (Wildman–Crippen MR) is 93.6 cm³/mol. The molecule has 0 aliphatic carbocycles. The summed E-state index contributed by atoms with van der Waals surface area (Å²) < 4.78 is 19.0. The molecule has 132 valence electrons. The average molecular weight is 352 g/mol. The largest absolute Gasteiger partial charge is 0.478 e. The number of hydrogen-bond donors (Lipinski definition) is 1. The Morgan fingerprint density at radius 2 is 1.96 bits per heavy atom. The van der Waals surface area contributed by atoms with Crippen molar-refractivity contribution >= 4 is 5.91 Å². The summed E-state index contributed by atoms with van der Waals surface area (Å²) >= 11 is 0. The maximum absolute atomic E-state index is 13.6. The molecule has 1 aromatic carbocycles. The van der Waals surface area contributed by atoms with E-state index >= 15 is 0 Å². The molecule has 0 radical (unpaired) electrons. The number of aromatic nitrogens is 3. The molecule has 0 spiro atoms. The average Bonchev–Trinajstić information content (AvgIpc) is 2.68. The Morgan fingerprint density at radius 3 is 2.73 bits per heavy atom. The Hall–Kier alpha value is -3.35. The standard InChI is InChI=1S/C19H17FN4O2/c1-13(26-17-7-3-2-6-15(17)20)19(25)24-12-16-18(23-10-9-22-16)14-5-4-8-21-11-14/h2-11,13H,12H2,1H3,(H,24,25). The molecule has 6 nitrogen and oxygen atoms in total. The maximum atomic E-state index is 13.6. The van der Waals surface area contributed by atoms with Gasteiger partial charge in [0.25, 0.3) is 5.91 Å². The van der Waals surface area contributed by atoms with Gasteiger partial charge in [0.15, 0.2) is 17.7 Å². The molecule has 0 saturated carbocycles. The minimum absolute atomic E-state index is 0.0331. The quantitative estimate of drug-likeness (QED) is 0.738. The molecule has 2 aromatic heterocycles. The molecule has 0 saturated heterocycles. The van der Waals surface area contributed by atoms with Gasteiger partial charge in [-0.3, -0.25) is 19.7 Å². The van der Waals surface area contributed by atoms with Crippen LogP contribution in [0.3, 0.4) is 0 Å². The first-order valence-electron chi connectivity index (χ1n) is 8.04. The van der Waals surface area contributed by atoms with Gasteiger partial charge < -0.3 is 10.1 Å². The van der Waals surface area contributed by atoms with Gasteiger partial charge in [-0.25, -0.2) is 4.39 Å². The van der Waals surface area contributed by atoms with Crippen molar-refractivity contribution in [3.8, 4) is 17.0 Å². The van der Waals surface area contributed by atoms with Gasteiger partial charge in [-0.15, -0.1) is 0 Å². The lowest BCUT2D eigenvalue weighted by Crippen LogP contribution is -2.36. The van der Waals surface area contributed by atoms with Crippen molar-refractivity contribution in [1.82, 2.24) is 20.3 Å². The Balaban J connectivity index is 1.66. The number of ether oxygens (including phenoxy) is 1. The number of hydrogen-bond acceptors (Lipinski definition) is 5. The van der Waals surface area contributed by atoms with E-state index in [0.29, 0.717) is 11.4 Å². The summed E-state index contributed by atoms with van der Waals surface area (Å²) in [5, 5.41) is 2.74. The van der Waals surface area contributed by atoms with Crippen molar-refractivity contribution < 1.29 is 13.9 Å². The second kappa shape index (κ2) is 8.15. The highest BCUT2D eigenvalue weighted by molar-refractivity contribution is 5.80. The lowest BCUT2D eigenvalue weighted by atomic mass is 10.1. The molecule has 7 heteroatoms. The molecule has 3 aromatic rings. The monoisotopic (exact) mass is 352 g/mol. The predicted octanol–water partition coefficient (Wildman–Crippen LogP) is 2.76. The molecule has 3 rings (SSSR count). The van der Waals surface area contributed by atoms with E-state index in [1.54, 1.807) is 49.9 Å². The summed E-state index contributed by atoms with van der Waals surface area (Å²) in [5.74, 6) is -0.860. The fourth-order valence-electron chi connectivity index (χ4n) is 2.34. The first kappa shape index (κ1) is 17.5. The van der Waals surface area contributed by atoms with Crippen molar-refractivity contribution in [3.63, 3.8) is 0 Å². The SMILES string of the molecule is CC(Oc1ccccc1F)C(=O)NCc1nccnc1-c1cccnc1. The molecule has 0 aliphatic rings. The number of carbonyl (C=O) groups excluding carboxylic acids is 1. The third-order valence-corrected chi connectivity index (χ3v) is 3.65. The Labute approximate surface area is 150 Å². The zero-order valence-electron chi connectivity index (χ0n) is 14.1. The highest BCUT2D eigenvalue weighted by Crippen LogP contribution is 2.19. The Bertz CT molecular complexity index is 889. The van der Waals surface area contributed by atoms with Crippen LogP contribution in [-0.4, -0.2) is 27.0 Å². The van der Waals surface area contributed by atoms with E-state index in [-0.39, 0.29) is 18.2 Å². The Kier molecular flexibility index (Phi) is 5.48. The first-order valence-corrected chi connectivity index (χ1v) is 8.04. The second-order valence-electron chi connectivity index (χ2n) is 5.50. The van der Waals surface area contributed by atoms with Gasteiger partial charge in [0.05, 0.1) is 17.9 Å². The van der Waals surface area contributed by atoms with Gasteiger partial charge in [0, 0.05) is 30.4 Å². The van der Waals surface area contributed by atoms with Crippen LogP contribution in [0.1, 0.15) is 12.6 Å². The summed E-state index contributed by atoms with van der Waals surface area (Å²) in [4.78, 5) is 24.9. The molecule has 1 amide bonds. The lowest BCUT2D eigenvalue weighted by Gasteiger charge is -2.15. The normalized spacial score (nSPS) is 11.6. The van der Waals surface area contributed by atoms with Crippen molar-refractivity contribution in [2.75, 3.05) is 0 Å². The van der Waals surface area contributed by atoms with Crippen LogP contribution in [0.15, 0.2) is 61.2 Å². The Morgan fingerprint density at radius 1 is 1.15 bits per heavy atom. The number of rotatable bonds is 6. The minimum atomic E-state index is -0.856. The number of amides is 1. The minimum Gasteiger partial charge on any atom is -0.478 e. The van der Waals surface area contributed by atoms with Crippen molar-refractivity contribution in [2.45, 2.75) is 19.6 Å². The summed E-state index contributed by atoms with van der Waals surface area (Å²) in [5.41, 5.74) is 2.05. The highest BCUT2D eigenvalue weighted by Gasteiger charge is 2.17. The first-order chi connectivity index (χ1) is 12.6. The fraction of sp³-hybridized carbons (Fsp3) is 0.158. The number of para-hydroxylation sites is 1. The van der Waals surface area contributed by atoms with E-state index in [1.165, 1.54) is 12.1 Å². The topological polar surface area (TPSA) is 77.0 Å². The maximum Gasteiger partial charge on any atom is 0.261 e. The van der Waals surface area contributed by atoms with Crippen LogP contribution < -0.4 is 10.1 Å². The number of halogens is 1. The highest BCUT2D eigenvalue weighted by atomic mass is 19.1. The molecule has 26 heavy (non-hydrogen) atoms. The third kappa shape index (κ3) is 4.18. The number of nitrogens with one attached hydrogen (secondary N) is 1. The molecule has 1 atom stereocenters. The lowest BCUT2D eigenvalue weighted by molar-refractivity contribution is -0.127. The molecule has 0 aliphatic heterocycles. The number of nitrogens with zero attached hydrogens (tertiary/aromatic N) is 3. The van der Waals surface area contributed by atoms with Crippen LogP contribution in [0.2, 0.25) is 0 Å². The van der Waals surface area contributed by atoms with Crippen molar-refractivity contribution in [2.24, 2.45) is 0 Å². The van der Waals surface area contributed by atoms with Crippen LogP contribution in [0, 0.1) is 5.82 Å². The molecule has 0 fully saturated rings. The van der Waals surface area contributed by atoms with E-state index < -0.39 is 11.9 Å². The molecular formula is C19H17FN4O2. The van der Waals surface area contributed by atoms with Crippen LogP contribution >= 0.6 is 0 Å².